The molecule has 0 radical (unpaired) electrons. The van der Waals surface area contributed by atoms with Gasteiger partial charge in [0.2, 0.25) is 0 Å². The summed E-state index contributed by atoms with van der Waals surface area (Å²) in [6, 6.07) is 7.78. The number of piperidine rings is 1. The van der Waals surface area contributed by atoms with Gasteiger partial charge in [-0.05, 0) is 49.3 Å². The fourth-order valence-corrected chi connectivity index (χ4v) is 3.09. The number of carbonyl (C=O) groups excluding carboxylic acids is 1. The maximum Gasteiger partial charge on any atom is 0.319 e. The van der Waals surface area contributed by atoms with Crippen LogP contribution in [0.3, 0.4) is 0 Å². The molecule has 1 aliphatic rings. The van der Waals surface area contributed by atoms with Crippen LogP contribution < -0.4 is 15.5 Å². The molecule has 5 heteroatoms. The van der Waals surface area contributed by atoms with Crippen molar-refractivity contribution in [1.29, 1.82) is 0 Å². The lowest BCUT2D eigenvalue weighted by Gasteiger charge is -2.32. The van der Waals surface area contributed by atoms with Gasteiger partial charge in [0.1, 0.15) is 0 Å². The largest absolute Gasteiger partial charge is 0.396 e. The lowest BCUT2D eigenvalue weighted by atomic mass is 9.99. The first kappa shape index (κ1) is 18.6. The second-order valence-electron chi connectivity index (χ2n) is 7.18. The van der Waals surface area contributed by atoms with E-state index in [2.05, 4.69) is 28.5 Å². The maximum absolute atomic E-state index is 12.2. The van der Waals surface area contributed by atoms with E-state index < -0.39 is 0 Å². The number of carbonyl (C=O) groups is 1. The number of amides is 2. The van der Waals surface area contributed by atoms with E-state index >= 15 is 0 Å². The molecule has 1 atom stereocenters. The highest BCUT2D eigenvalue weighted by molar-refractivity contribution is 5.90. The van der Waals surface area contributed by atoms with Gasteiger partial charge in [0.05, 0.1) is 0 Å². The smallest absolute Gasteiger partial charge is 0.319 e. The SMILES string of the molecule is CC1CCN(c2cccc(NC(=O)NC(CCO)C(C)C)c2)CC1. The van der Waals surface area contributed by atoms with Crippen LogP contribution in [0.15, 0.2) is 24.3 Å². The number of urea groups is 1. The standard InChI is InChI=1S/C19H31N3O2/c1-14(2)18(9-12-23)21-19(24)20-16-5-4-6-17(13-16)22-10-7-15(3)8-11-22/h4-6,13-15,18,23H,7-12H2,1-3H3,(H2,20,21,24). The van der Waals surface area contributed by atoms with Crippen molar-refractivity contribution in [1.82, 2.24) is 5.32 Å². The van der Waals surface area contributed by atoms with Gasteiger partial charge in [-0.3, -0.25) is 0 Å². The van der Waals surface area contributed by atoms with Crippen LogP contribution in [-0.4, -0.2) is 36.9 Å². The Morgan fingerprint density at radius 2 is 2.04 bits per heavy atom. The highest BCUT2D eigenvalue weighted by Crippen LogP contribution is 2.25. The van der Waals surface area contributed by atoms with E-state index in [4.69, 9.17) is 5.11 Å². The molecular weight excluding hydrogens is 302 g/mol. The van der Waals surface area contributed by atoms with Crippen LogP contribution in [0.2, 0.25) is 0 Å². The number of anilines is 2. The van der Waals surface area contributed by atoms with Crippen molar-refractivity contribution >= 4 is 17.4 Å². The van der Waals surface area contributed by atoms with E-state index in [0.717, 1.165) is 30.4 Å². The first-order valence-electron chi connectivity index (χ1n) is 9.03. The lowest BCUT2D eigenvalue weighted by Crippen LogP contribution is -2.41. The number of nitrogens with zero attached hydrogens (tertiary/aromatic N) is 1. The molecule has 0 bridgehead atoms. The average Bonchev–Trinajstić information content (AvgIpc) is 2.55. The third-order valence-corrected chi connectivity index (χ3v) is 4.81. The fraction of sp³-hybridized carbons (Fsp3) is 0.632. The van der Waals surface area contributed by atoms with Crippen LogP contribution in [-0.2, 0) is 0 Å². The van der Waals surface area contributed by atoms with Crippen LogP contribution in [0.5, 0.6) is 0 Å². The van der Waals surface area contributed by atoms with Crippen LogP contribution >= 0.6 is 0 Å². The molecule has 3 N–H and O–H groups in total. The van der Waals surface area contributed by atoms with Gasteiger partial charge in [0, 0.05) is 37.1 Å². The molecule has 1 fully saturated rings. The highest BCUT2D eigenvalue weighted by atomic mass is 16.3. The number of aliphatic hydroxyl groups excluding tert-OH is 1. The van der Waals surface area contributed by atoms with E-state index in [0.29, 0.717) is 6.42 Å². The predicted molar refractivity (Wildman–Crippen MR) is 99.5 cm³/mol. The number of hydrogen-bond acceptors (Lipinski definition) is 3. The van der Waals surface area contributed by atoms with E-state index in [1.54, 1.807) is 0 Å². The van der Waals surface area contributed by atoms with Crippen LogP contribution in [0.4, 0.5) is 16.2 Å². The molecule has 2 rings (SSSR count). The van der Waals surface area contributed by atoms with Crippen molar-refractivity contribution in [3.8, 4) is 0 Å². The number of aliphatic hydroxyl groups is 1. The molecule has 1 heterocycles. The van der Waals surface area contributed by atoms with Gasteiger partial charge in [-0.15, -0.1) is 0 Å². The number of nitrogens with one attached hydrogen (secondary N) is 2. The first-order chi connectivity index (χ1) is 11.5. The second kappa shape index (κ2) is 8.92. The third kappa shape index (κ3) is 5.41. The number of hydrogen-bond donors (Lipinski definition) is 3. The minimum absolute atomic E-state index is 0.0261. The predicted octanol–water partition coefficient (Wildman–Crippen LogP) is 3.45. The maximum atomic E-state index is 12.2. The van der Waals surface area contributed by atoms with Crippen molar-refractivity contribution in [2.24, 2.45) is 11.8 Å². The zero-order valence-corrected chi connectivity index (χ0v) is 15.1. The molecule has 0 saturated carbocycles. The van der Waals surface area contributed by atoms with Gasteiger partial charge in [-0.1, -0.05) is 26.8 Å². The van der Waals surface area contributed by atoms with Gasteiger partial charge in [-0.2, -0.15) is 0 Å². The van der Waals surface area contributed by atoms with Crippen LogP contribution in [0.1, 0.15) is 40.0 Å². The Bertz CT molecular complexity index is 525. The Morgan fingerprint density at radius 3 is 2.67 bits per heavy atom. The van der Waals surface area contributed by atoms with Gasteiger partial charge < -0.3 is 20.6 Å². The van der Waals surface area contributed by atoms with Crippen molar-refractivity contribution in [2.45, 2.75) is 46.1 Å². The summed E-state index contributed by atoms with van der Waals surface area (Å²) in [5.41, 5.74) is 1.96. The zero-order valence-electron chi connectivity index (χ0n) is 15.1. The summed E-state index contributed by atoms with van der Waals surface area (Å²) < 4.78 is 0. The van der Waals surface area contributed by atoms with E-state index in [9.17, 15) is 4.79 Å². The summed E-state index contributed by atoms with van der Waals surface area (Å²) in [4.78, 5) is 14.6. The van der Waals surface area contributed by atoms with Gasteiger partial charge >= 0.3 is 6.03 Å². The molecule has 1 saturated heterocycles. The van der Waals surface area contributed by atoms with Crippen LogP contribution in [0.25, 0.3) is 0 Å². The Kier molecular flexibility index (Phi) is 6.91. The molecule has 0 aromatic heterocycles. The molecule has 5 nitrogen and oxygen atoms in total. The topological polar surface area (TPSA) is 64.6 Å². The normalized spacial score (nSPS) is 17.0. The molecule has 1 aliphatic heterocycles. The Hall–Kier alpha value is -1.75. The summed E-state index contributed by atoms with van der Waals surface area (Å²) in [6.07, 6.45) is 3.00. The molecule has 2 amide bonds. The summed E-state index contributed by atoms with van der Waals surface area (Å²) in [7, 11) is 0. The Balaban J connectivity index is 1.95. The summed E-state index contributed by atoms with van der Waals surface area (Å²) in [5, 5.41) is 15.0. The lowest BCUT2D eigenvalue weighted by molar-refractivity contribution is 0.227. The number of rotatable bonds is 6. The molecule has 24 heavy (non-hydrogen) atoms. The van der Waals surface area contributed by atoms with Crippen molar-refractivity contribution in [3.05, 3.63) is 24.3 Å². The van der Waals surface area contributed by atoms with Crippen molar-refractivity contribution in [2.75, 3.05) is 29.9 Å². The molecular formula is C19H31N3O2. The van der Waals surface area contributed by atoms with Crippen molar-refractivity contribution < 1.29 is 9.90 Å². The van der Waals surface area contributed by atoms with Crippen LogP contribution in [0, 0.1) is 11.8 Å². The fourth-order valence-electron chi connectivity index (χ4n) is 3.09. The molecule has 1 unspecified atom stereocenters. The van der Waals surface area contributed by atoms with E-state index in [1.807, 2.05) is 32.0 Å². The number of benzene rings is 1. The van der Waals surface area contributed by atoms with E-state index in [1.165, 1.54) is 12.8 Å². The quantitative estimate of drug-likeness (QED) is 0.747. The van der Waals surface area contributed by atoms with Gasteiger partial charge in [0.15, 0.2) is 0 Å². The molecule has 134 valence electrons. The minimum atomic E-state index is -0.216. The molecule has 1 aromatic carbocycles. The summed E-state index contributed by atoms with van der Waals surface area (Å²) in [5.74, 6) is 1.08. The van der Waals surface area contributed by atoms with Crippen molar-refractivity contribution in [3.63, 3.8) is 0 Å². The molecule has 0 spiro atoms. The van der Waals surface area contributed by atoms with Gasteiger partial charge in [-0.25, -0.2) is 4.79 Å². The molecule has 1 aromatic rings. The van der Waals surface area contributed by atoms with Gasteiger partial charge in [0.25, 0.3) is 0 Å². The first-order valence-corrected chi connectivity index (χ1v) is 9.03. The third-order valence-electron chi connectivity index (χ3n) is 4.81. The highest BCUT2D eigenvalue weighted by Gasteiger charge is 2.18. The monoisotopic (exact) mass is 333 g/mol. The zero-order chi connectivity index (χ0) is 17.5. The second-order valence-corrected chi connectivity index (χ2v) is 7.18. The average molecular weight is 333 g/mol. The Morgan fingerprint density at radius 1 is 1.33 bits per heavy atom. The summed E-state index contributed by atoms with van der Waals surface area (Å²) >= 11 is 0. The molecule has 0 aliphatic carbocycles. The summed E-state index contributed by atoms with van der Waals surface area (Å²) in [6.45, 7) is 8.60. The van der Waals surface area contributed by atoms with E-state index in [-0.39, 0.29) is 24.6 Å². The Labute approximate surface area is 145 Å². The minimum Gasteiger partial charge on any atom is -0.396 e.